The number of carbonyl (C=O) groups is 1. The van der Waals surface area contributed by atoms with Gasteiger partial charge in [-0.2, -0.15) is 0 Å². The number of hydrogen-bond acceptors (Lipinski definition) is 6. The van der Waals surface area contributed by atoms with E-state index in [1.54, 1.807) is 12.4 Å². The third-order valence-corrected chi connectivity index (χ3v) is 5.05. The molecule has 2 N–H and O–H groups in total. The van der Waals surface area contributed by atoms with E-state index in [0.29, 0.717) is 19.7 Å². The maximum absolute atomic E-state index is 12.5. The van der Waals surface area contributed by atoms with Gasteiger partial charge in [0, 0.05) is 50.7 Å². The Kier molecular flexibility index (Phi) is 7.00. The van der Waals surface area contributed by atoms with Gasteiger partial charge in [0.2, 0.25) is 5.91 Å². The summed E-state index contributed by atoms with van der Waals surface area (Å²) in [6.45, 7) is 4.91. The topological polar surface area (TPSA) is 92.5 Å². The molecule has 1 aliphatic heterocycles. The van der Waals surface area contributed by atoms with Gasteiger partial charge in [0.25, 0.3) is 0 Å². The molecule has 1 aliphatic rings. The van der Waals surface area contributed by atoms with E-state index in [9.17, 15) is 4.79 Å². The summed E-state index contributed by atoms with van der Waals surface area (Å²) in [5, 5.41) is 11.8. The summed E-state index contributed by atoms with van der Waals surface area (Å²) in [6.07, 6.45) is 6.20. The zero-order valence-corrected chi connectivity index (χ0v) is 16.5. The molecule has 3 rings (SSSR count). The Labute approximate surface area is 165 Å². The number of pyridine rings is 1. The normalized spacial score (nSPS) is 20.1. The van der Waals surface area contributed by atoms with Crippen LogP contribution in [0.3, 0.4) is 0 Å². The number of piperidine rings is 1. The third kappa shape index (κ3) is 5.53. The Bertz CT molecular complexity index is 761. The van der Waals surface area contributed by atoms with Gasteiger partial charge in [0.1, 0.15) is 11.6 Å². The van der Waals surface area contributed by atoms with E-state index < -0.39 is 0 Å². The molecule has 0 radical (unpaired) electrons. The summed E-state index contributed by atoms with van der Waals surface area (Å²) in [4.78, 5) is 23.4. The number of ether oxygens (including phenoxy) is 1. The Hall–Kier alpha value is -2.45. The fourth-order valence-corrected chi connectivity index (χ4v) is 3.57. The Morgan fingerprint density at radius 1 is 1.36 bits per heavy atom. The second-order valence-electron chi connectivity index (χ2n) is 7.41. The van der Waals surface area contributed by atoms with Gasteiger partial charge in [-0.1, -0.05) is 0 Å². The van der Waals surface area contributed by atoms with Crippen LogP contribution in [0.25, 0.3) is 0 Å². The van der Waals surface area contributed by atoms with Crippen molar-refractivity contribution in [1.82, 2.24) is 24.8 Å². The van der Waals surface area contributed by atoms with Crippen molar-refractivity contribution in [3.8, 4) is 5.75 Å². The molecule has 1 amide bonds. The third-order valence-electron chi connectivity index (χ3n) is 5.05. The molecule has 0 aromatic carbocycles. The summed E-state index contributed by atoms with van der Waals surface area (Å²) < 4.78 is 7.93. The molecule has 3 heterocycles. The lowest BCUT2D eigenvalue weighted by molar-refractivity contribution is -0.128. The summed E-state index contributed by atoms with van der Waals surface area (Å²) >= 11 is 0. The van der Waals surface area contributed by atoms with Crippen LogP contribution >= 0.6 is 0 Å². The van der Waals surface area contributed by atoms with Gasteiger partial charge in [-0.05, 0) is 25.5 Å². The van der Waals surface area contributed by atoms with E-state index in [2.05, 4.69) is 20.2 Å². The van der Waals surface area contributed by atoms with Crippen molar-refractivity contribution in [2.24, 2.45) is 18.9 Å². The van der Waals surface area contributed by atoms with E-state index in [0.717, 1.165) is 30.2 Å². The number of amides is 1. The first kappa shape index (κ1) is 20.3. The van der Waals surface area contributed by atoms with Gasteiger partial charge in [0.05, 0.1) is 31.9 Å². The molecule has 0 unspecified atom stereocenters. The summed E-state index contributed by atoms with van der Waals surface area (Å²) in [6, 6.07) is 3.84. The smallest absolute Gasteiger partial charge is 0.224 e. The molecule has 0 spiro atoms. The fourth-order valence-electron chi connectivity index (χ4n) is 3.57. The maximum atomic E-state index is 12.5. The van der Waals surface area contributed by atoms with E-state index >= 15 is 0 Å². The van der Waals surface area contributed by atoms with Crippen molar-refractivity contribution >= 4 is 5.91 Å². The molecule has 0 bridgehead atoms. The van der Waals surface area contributed by atoms with Crippen LogP contribution in [0, 0.1) is 18.8 Å². The molecule has 1 saturated heterocycles. The molecule has 2 aromatic rings. The van der Waals surface area contributed by atoms with Crippen molar-refractivity contribution in [2.75, 3.05) is 32.8 Å². The lowest BCUT2D eigenvalue weighted by atomic mass is 9.89. The Balaban J connectivity index is 1.64. The van der Waals surface area contributed by atoms with Crippen LogP contribution in [0.1, 0.15) is 17.9 Å². The first-order chi connectivity index (χ1) is 13.5. The van der Waals surface area contributed by atoms with Gasteiger partial charge in [-0.25, -0.2) is 4.98 Å². The lowest BCUT2D eigenvalue weighted by Gasteiger charge is -2.36. The van der Waals surface area contributed by atoms with Gasteiger partial charge in [0.15, 0.2) is 0 Å². The van der Waals surface area contributed by atoms with E-state index in [-0.39, 0.29) is 30.9 Å². The lowest BCUT2D eigenvalue weighted by Crippen LogP contribution is -2.47. The Morgan fingerprint density at radius 3 is 2.89 bits per heavy atom. The molecular formula is C20H29N5O3. The van der Waals surface area contributed by atoms with E-state index in [1.165, 1.54) is 0 Å². The molecule has 1 fully saturated rings. The molecule has 8 nitrogen and oxygen atoms in total. The van der Waals surface area contributed by atoms with Crippen LogP contribution in [0.4, 0.5) is 0 Å². The second-order valence-corrected chi connectivity index (χ2v) is 7.41. The second kappa shape index (κ2) is 9.66. The number of carbonyl (C=O) groups excluding carboxylic acids is 1. The monoisotopic (exact) mass is 387 g/mol. The largest absolute Gasteiger partial charge is 0.492 e. The minimum Gasteiger partial charge on any atom is -0.492 e. The van der Waals surface area contributed by atoms with Crippen LogP contribution in [0.5, 0.6) is 5.75 Å². The van der Waals surface area contributed by atoms with Crippen LogP contribution in [-0.4, -0.2) is 63.3 Å². The van der Waals surface area contributed by atoms with Crippen molar-refractivity contribution in [3.63, 3.8) is 0 Å². The number of imidazole rings is 1. The standard InChI is InChI=1S/C20H29N5O3/c1-15-3-4-18(10-23-15)28-14-16-9-17(20(27)22-6-8-26)12-25(11-16)13-19-21-5-7-24(19)2/h3-5,7,10,16-17,26H,6,8-9,11-14H2,1-2H3,(H,22,27)/t16-,17+/m0/s1. The highest BCUT2D eigenvalue weighted by atomic mass is 16.5. The molecule has 2 aromatic heterocycles. The molecule has 2 atom stereocenters. The number of aryl methyl sites for hydroxylation is 2. The van der Waals surface area contributed by atoms with Crippen LogP contribution in [-0.2, 0) is 18.4 Å². The quantitative estimate of drug-likeness (QED) is 0.694. The molecular weight excluding hydrogens is 358 g/mol. The number of aliphatic hydroxyl groups excluding tert-OH is 1. The zero-order chi connectivity index (χ0) is 19.9. The van der Waals surface area contributed by atoms with Crippen LogP contribution < -0.4 is 10.1 Å². The van der Waals surface area contributed by atoms with Crippen molar-refractivity contribution in [2.45, 2.75) is 19.9 Å². The molecule has 8 heteroatoms. The van der Waals surface area contributed by atoms with E-state index in [1.807, 2.05) is 36.9 Å². The number of nitrogens with zero attached hydrogens (tertiary/aromatic N) is 4. The highest BCUT2D eigenvalue weighted by Crippen LogP contribution is 2.24. The van der Waals surface area contributed by atoms with Crippen molar-refractivity contribution in [1.29, 1.82) is 0 Å². The highest BCUT2D eigenvalue weighted by Gasteiger charge is 2.32. The molecule has 0 aliphatic carbocycles. The Morgan fingerprint density at radius 2 is 2.21 bits per heavy atom. The molecule has 0 saturated carbocycles. The number of likely N-dealkylation sites (tertiary alicyclic amines) is 1. The SMILES string of the molecule is Cc1ccc(OC[C@H]2C[C@@H](C(=O)NCCO)CN(Cc3nccn3C)C2)cn1. The van der Waals surface area contributed by atoms with Gasteiger partial charge >= 0.3 is 0 Å². The average Bonchev–Trinajstić information content (AvgIpc) is 3.10. The van der Waals surface area contributed by atoms with Crippen molar-refractivity contribution in [3.05, 3.63) is 42.2 Å². The van der Waals surface area contributed by atoms with Crippen molar-refractivity contribution < 1.29 is 14.6 Å². The molecule has 28 heavy (non-hydrogen) atoms. The number of rotatable bonds is 8. The minimum absolute atomic E-state index is 0.0133. The predicted octanol–water partition coefficient (Wildman–Crippen LogP) is 0.749. The first-order valence-corrected chi connectivity index (χ1v) is 9.67. The average molecular weight is 387 g/mol. The number of aromatic nitrogens is 3. The number of nitrogens with one attached hydrogen (secondary N) is 1. The van der Waals surface area contributed by atoms with Gasteiger partial charge in [-0.15, -0.1) is 0 Å². The number of hydrogen-bond donors (Lipinski definition) is 2. The highest BCUT2D eigenvalue weighted by molar-refractivity contribution is 5.79. The van der Waals surface area contributed by atoms with Gasteiger partial charge in [-0.3, -0.25) is 14.7 Å². The molecule has 152 valence electrons. The summed E-state index contributed by atoms with van der Waals surface area (Å²) in [5.74, 6) is 1.79. The zero-order valence-electron chi connectivity index (χ0n) is 16.5. The predicted molar refractivity (Wildman–Crippen MR) is 105 cm³/mol. The van der Waals surface area contributed by atoms with E-state index in [4.69, 9.17) is 9.84 Å². The van der Waals surface area contributed by atoms with Crippen LogP contribution in [0.15, 0.2) is 30.7 Å². The summed E-state index contributed by atoms with van der Waals surface area (Å²) in [5.41, 5.74) is 0.951. The fraction of sp³-hybridized carbons (Fsp3) is 0.550. The van der Waals surface area contributed by atoms with Crippen LogP contribution in [0.2, 0.25) is 0 Å². The van der Waals surface area contributed by atoms with Gasteiger partial charge < -0.3 is 19.7 Å². The maximum Gasteiger partial charge on any atom is 0.224 e. The summed E-state index contributed by atoms with van der Waals surface area (Å²) in [7, 11) is 1.97. The number of aliphatic hydroxyl groups is 1. The minimum atomic E-state index is -0.134. The first-order valence-electron chi connectivity index (χ1n) is 9.67.